The molecule has 0 aliphatic rings. The van der Waals surface area contributed by atoms with Crippen LogP contribution in [0.15, 0.2) is 0 Å². The van der Waals surface area contributed by atoms with E-state index >= 15 is 0 Å². The van der Waals surface area contributed by atoms with Crippen LogP contribution in [0.25, 0.3) is 0 Å². The normalized spacial score (nSPS) is 13.2. The van der Waals surface area contributed by atoms with Crippen LogP contribution in [-0.4, -0.2) is 101 Å². The molecule has 0 aromatic rings. The Kier molecular flexibility index (Phi) is 23.0. The van der Waals surface area contributed by atoms with Crippen LogP contribution >= 0.6 is 0 Å². The second-order valence-corrected chi connectivity index (χ2v) is 9.43. The Morgan fingerprint density at radius 1 is 0.719 bits per heavy atom. The third kappa shape index (κ3) is 19.1. The summed E-state index contributed by atoms with van der Waals surface area (Å²) in [5.41, 5.74) is 11.2. The minimum Gasteiger partial charge on any atom is -1.00 e. The van der Waals surface area contributed by atoms with Gasteiger partial charge in [-0.1, -0.05) is 27.7 Å². The predicted molar refractivity (Wildman–Crippen MR) is 113 cm³/mol. The molecule has 0 saturated carbocycles. The number of alkyl halides is 2. The lowest BCUT2D eigenvalue weighted by atomic mass is 10.1. The zero-order valence-electron chi connectivity index (χ0n) is 20.7. The van der Waals surface area contributed by atoms with Gasteiger partial charge in [0.1, 0.15) is 38.4 Å². The molecular weight excluding hydrogens is 558 g/mol. The molecule has 0 aliphatic carbocycles. The highest BCUT2D eigenvalue weighted by molar-refractivity contribution is 5.76. The molecule has 12 heteroatoms. The van der Waals surface area contributed by atoms with Crippen molar-refractivity contribution in [3.63, 3.8) is 0 Å². The second-order valence-electron chi connectivity index (χ2n) is 9.43. The van der Waals surface area contributed by atoms with Crippen molar-refractivity contribution in [3.05, 3.63) is 0 Å². The maximum Gasteiger partial charge on any atom is 0.323 e. The molecule has 0 aromatic carbocycles. The van der Waals surface area contributed by atoms with Gasteiger partial charge in [0, 0.05) is 0 Å². The third-order valence-corrected chi connectivity index (χ3v) is 4.51. The maximum atomic E-state index is 12.4. The number of nitrogens with two attached hydrogens (primary N) is 2. The van der Waals surface area contributed by atoms with Gasteiger partial charge in [0.15, 0.2) is 0 Å². The number of hydrogen-bond donors (Lipinski definition) is 2. The Labute approximate surface area is 213 Å². The molecule has 0 aromatic heterocycles. The Bertz CT molecular complexity index is 470. The number of ether oxygens (including phenoxy) is 2. The molecule has 0 radical (unpaired) electrons. The quantitative estimate of drug-likeness (QED) is 0.132. The van der Waals surface area contributed by atoms with Gasteiger partial charge in [0.2, 0.25) is 13.6 Å². The number of likely N-dealkylation sites (N-methyl/N-ethyl adjacent to an activating group) is 2. The second kappa shape index (κ2) is 19.0. The van der Waals surface area contributed by atoms with Crippen LogP contribution in [0.1, 0.15) is 27.7 Å². The van der Waals surface area contributed by atoms with E-state index in [4.69, 9.17) is 20.9 Å². The van der Waals surface area contributed by atoms with E-state index in [-0.39, 0.29) is 68.0 Å². The summed E-state index contributed by atoms with van der Waals surface area (Å²) >= 11 is 0. The molecule has 0 unspecified atom stereocenters. The van der Waals surface area contributed by atoms with E-state index in [1.165, 1.54) is 0 Å². The number of hydrogen-bond acceptors (Lipinski definition) is 6. The smallest absolute Gasteiger partial charge is 0.323 e. The topological polar surface area (TPSA) is 105 Å². The lowest BCUT2D eigenvalue weighted by Gasteiger charge is -2.25. The Morgan fingerprint density at radius 2 is 0.969 bits per heavy atom. The van der Waals surface area contributed by atoms with Gasteiger partial charge in [-0.05, 0) is 11.8 Å². The summed E-state index contributed by atoms with van der Waals surface area (Å²) < 4.78 is 35.1. The van der Waals surface area contributed by atoms with E-state index in [9.17, 15) is 18.4 Å². The highest BCUT2D eigenvalue weighted by Crippen LogP contribution is 2.03. The van der Waals surface area contributed by atoms with E-state index in [1.54, 1.807) is 28.2 Å². The molecule has 0 saturated heterocycles. The summed E-state index contributed by atoms with van der Waals surface area (Å²) in [5, 5.41) is 0. The van der Waals surface area contributed by atoms with Crippen molar-refractivity contribution in [1.29, 1.82) is 0 Å². The minimum absolute atomic E-state index is 0. The Hall–Kier alpha value is -0.400. The van der Waals surface area contributed by atoms with Gasteiger partial charge >= 0.3 is 11.9 Å². The molecule has 196 valence electrons. The molecule has 0 spiro atoms. The molecule has 32 heavy (non-hydrogen) atoms. The lowest BCUT2D eigenvalue weighted by Crippen LogP contribution is -3.00. The molecular formula is C20H44Br2F2N4O4. The standard InChI is InChI=1S/2C10H22FN2O2.2BrH/c2*1-8(2)9(12)10(14)15-6-5-13(3,4)7-11;;/h2*8-9H,5-7,12H2,1-4H3;2*1H/q2*+1;;/p-2/t2*9-;;/m00../s1. The highest BCUT2D eigenvalue weighted by Gasteiger charge is 2.21. The number of halogens is 4. The molecule has 2 atom stereocenters. The van der Waals surface area contributed by atoms with Crippen molar-refractivity contribution in [2.24, 2.45) is 23.3 Å². The molecule has 0 fully saturated rings. The summed E-state index contributed by atoms with van der Waals surface area (Å²) in [6.45, 7) is 7.77. The van der Waals surface area contributed by atoms with Gasteiger partial charge in [0.05, 0.1) is 28.2 Å². The predicted octanol–water partition coefficient (Wildman–Crippen LogP) is -4.96. The first-order valence-electron chi connectivity index (χ1n) is 10.2. The number of carbonyl (C=O) groups excluding carboxylic acids is 2. The SMILES string of the molecule is CC(C)[C@H](N)C(=O)OCC[N+](C)(C)CF.CC(C)[C@H](N)C(=O)OCC[N+](C)(C)CF.[Br-].[Br-]. The Morgan fingerprint density at radius 3 is 1.16 bits per heavy atom. The highest BCUT2D eigenvalue weighted by atomic mass is 79.9. The lowest BCUT2D eigenvalue weighted by molar-refractivity contribution is -0.902. The van der Waals surface area contributed by atoms with Gasteiger partial charge in [0.25, 0.3) is 0 Å². The van der Waals surface area contributed by atoms with E-state index in [0.29, 0.717) is 13.1 Å². The summed E-state index contributed by atoms with van der Waals surface area (Å²) in [5.74, 6) is -0.713. The van der Waals surface area contributed by atoms with Crippen molar-refractivity contribution in [2.75, 3.05) is 68.1 Å². The molecule has 0 heterocycles. The fraction of sp³-hybridized carbons (Fsp3) is 0.900. The third-order valence-electron chi connectivity index (χ3n) is 4.51. The largest absolute Gasteiger partial charge is 1.00 e. The summed E-state index contributed by atoms with van der Waals surface area (Å²) in [6.07, 6.45) is 0. The van der Waals surface area contributed by atoms with Crippen molar-refractivity contribution in [3.8, 4) is 0 Å². The van der Waals surface area contributed by atoms with Crippen LogP contribution in [0.5, 0.6) is 0 Å². The van der Waals surface area contributed by atoms with Crippen molar-refractivity contribution in [2.45, 2.75) is 39.8 Å². The molecule has 0 rings (SSSR count). The zero-order valence-corrected chi connectivity index (χ0v) is 23.9. The summed E-state index contributed by atoms with van der Waals surface area (Å²) in [6, 6.07) is -1.18. The minimum atomic E-state index is -0.592. The van der Waals surface area contributed by atoms with Crippen molar-refractivity contribution < 1.29 is 70.8 Å². The van der Waals surface area contributed by atoms with Gasteiger partial charge < -0.3 is 54.9 Å². The zero-order chi connectivity index (χ0) is 24.1. The Balaban J connectivity index is -0.000000231. The van der Waals surface area contributed by atoms with Crippen LogP contribution in [-0.2, 0) is 19.1 Å². The molecule has 0 bridgehead atoms. The van der Waals surface area contributed by atoms with Crippen LogP contribution < -0.4 is 45.4 Å². The molecule has 0 aliphatic heterocycles. The van der Waals surface area contributed by atoms with E-state index < -0.39 is 37.6 Å². The monoisotopic (exact) mass is 600 g/mol. The average molecular weight is 602 g/mol. The first-order chi connectivity index (χ1) is 13.6. The van der Waals surface area contributed by atoms with Gasteiger partial charge in [-0.15, -0.1) is 0 Å². The van der Waals surface area contributed by atoms with E-state index in [2.05, 4.69) is 0 Å². The van der Waals surface area contributed by atoms with Gasteiger partial charge in [-0.25, -0.2) is 0 Å². The summed E-state index contributed by atoms with van der Waals surface area (Å²) in [4.78, 5) is 22.6. The molecule has 0 amide bonds. The van der Waals surface area contributed by atoms with Gasteiger partial charge in [-0.2, -0.15) is 8.78 Å². The fourth-order valence-corrected chi connectivity index (χ4v) is 1.64. The van der Waals surface area contributed by atoms with Crippen molar-refractivity contribution >= 4 is 11.9 Å². The van der Waals surface area contributed by atoms with E-state index in [0.717, 1.165) is 0 Å². The maximum absolute atomic E-state index is 12.4. The van der Waals surface area contributed by atoms with Gasteiger partial charge in [-0.3, -0.25) is 18.6 Å². The average Bonchev–Trinajstić information content (AvgIpc) is 2.66. The first kappa shape index (κ1) is 38.8. The van der Waals surface area contributed by atoms with E-state index in [1.807, 2.05) is 27.7 Å². The van der Waals surface area contributed by atoms with Crippen LogP contribution in [0, 0.1) is 11.8 Å². The van der Waals surface area contributed by atoms with Crippen molar-refractivity contribution in [1.82, 2.24) is 0 Å². The number of carbonyl (C=O) groups is 2. The first-order valence-corrected chi connectivity index (χ1v) is 10.2. The number of esters is 2. The number of nitrogens with zero attached hydrogens (tertiary/aromatic N) is 2. The van der Waals surface area contributed by atoms with Crippen LogP contribution in [0.3, 0.4) is 0 Å². The fourth-order valence-electron chi connectivity index (χ4n) is 1.64. The van der Waals surface area contributed by atoms with Crippen LogP contribution in [0.4, 0.5) is 8.78 Å². The molecule has 8 nitrogen and oxygen atoms in total. The summed E-state index contributed by atoms with van der Waals surface area (Å²) in [7, 11) is 6.93. The molecule has 4 N–H and O–H groups in total. The number of quaternary nitrogens is 2. The van der Waals surface area contributed by atoms with Crippen LogP contribution in [0.2, 0.25) is 0 Å². The number of rotatable bonds is 12.